The summed E-state index contributed by atoms with van der Waals surface area (Å²) in [4.78, 5) is 11.3. The highest BCUT2D eigenvalue weighted by Gasteiger charge is 2.17. The van der Waals surface area contributed by atoms with E-state index in [1.807, 2.05) is 0 Å². The van der Waals surface area contributed by atoms with Crippen molar-refractivity contribution in [3.63, 3.8) is 0 Å². The standard InChI is InChI=1S/C12H14BrF2NO3/c13-8-1-3-9(4-2-8)19-6-5-11(18)16-7-10(17)12(14)15/h1-4,10,12,17H,5-7H2,(H,16,18). The number of rotatable bonds is 7. The van der Waals surface area contributed by atoms with Crippen LogP contribution in [0.2, 0.25) is 0 Å². The number of carbonyl (C=O) groups is 1. The minimum Gasteiger partial charge on any atom is -0.493 e. The first-order chi connectivity index (χ1) is 8.99. The van der Waals surface area contributed by atoms with Gasteiger partial charge in [-0.1, -0.05) is 15.9 Å². The number of halogens is 3. The van der Waals surface area contributed by atoms with Crippen LogP contribution in [0.5, 0.6) is 5.75 Å². The maximum absolute atomic E-state index is 12.0. The van der Waals surface area contributed by atoms with Crippen molar-refractivity contribution in [2.75, 3.05) is 13.2 Å². The number of hydrogen-bond donors (Lipinski definition) is 2. The summed E-state index contributed by atoms with van der Waals surface area (Å²) < 4.78 is 30.1. The van der Waals surface area contributed by atoms with Crippen LogP contribution in [0.3, 0.4) is 0 Å². The number of nitrogens with one attached hydrogen (secondary N) is 1. The zero-order valence-electron chi connectivity index (χ0n) is 9.98. The summed E-state index contributed by atoms with van der Waals surface area (Å²) in [6, 6.07) is 7.08. The Balaban J connectivity index is 2.18. The van der Waals surface area contributed by atoms with Gasteiger partial charge in [0.1, 0.15) is 11.9 Å². The number of carbonyl (C=O) groups excluding carboxylic acids is 1. The van der Waals surface area contributed by atoms with Crippen LogP contribution in [0.25, 0.3) is 0 Å². The van der Waals surface area contributed by atoms with E-state index in [-0.39, 0.29) is 13.0 Å². The SMILES string of the molecule is O=C(CCOc1ccc(Br)cc1)NCC(O)C(F)F. The molecule has 7 heteroatoms. The third-order valence-electron chi connectivity index (χ3n) is 2.21. The molecule has 0 bridgehead atoms. The number of amides is 1. The van der Waals surface area contributed by atoms with Gasteiger partial charge in [0, 0.05) is 11.0 Å². The van der Waals surface area contributed by atoms with Crippen LogP contribution in [-0.2, 0) is 4.79 Å². The van der Waals surface area contributed by atoms with Crippen molar-refractivity contribution in [2.45, 2.75) is 19.0 Å². The van der Waals surface area contributed by atoms with Gasteiger partial charge in [0.2, 0.25) is 5.91 Å². The van der Waals surface area contributed by atoms with Gasteiger partial charge in [-0.25, -0.2) is 8.78 Å². The Labute approximate surface area is 117 Å². The minimum atomic E-state index is -2.86. The van der Waals surface area contributed by atoms with E-state index in [1.54, 1.807) is 24.3 Å². The van der Waals surface area contributed by atoms with E-state index in [1.165, 1.54) is 0 Å². The smallest absolute Gasteiger partial charge is 0.265 e. The van der Waals surface area contributed by atoms with E-state index < -0.39 is 25.0 Å². The molecule has 0 spiro atoms. The van der Waals surface area contributed by atoms with Crippen LogP contribution < -0.4 is 10.1 Å². The Kier molecular flexibility index (Phi) is 6.72. The third kappa shape index (κ3) is 6.49. The van der Waals surface area contributed by atoms with E-state index >= 15 is 0 Å². The molecule has 1 aromatic rings. The highest BCUT2D eigenvalue weighted by molar-refractivity contribution is 9.10. The van der Waals surface area contributed by atoms with Crippen LogP contribution in [0, 0.1) is 0 Å². The fourth-order valence-electron chi connectivity index (χ4n) is 1.19. The van der Waals surface area contributed by atoms with Gasteiger partial charge in [0.15, 0.2) is 0 Å². The molecule has 0 heterocycles. The molecule has 0 aliphatic carbocycles. The lowest BCUT2D eigenvalue weighted by atomic mass is 10.3. The molecule has 0 radical (unpaired) electrons. The first kappa shape index (κ1) is 15.8. The van der Waals surface area contributed by atoms with Crippen molar-refractivity contribution in [3.05, 3.63) is 28.7 Å². The molecule has 1 aromatic carbocycles. The quantitative estimate of drug-likeness (QED) is 0.799. The van der Waals surface area contributed by atoms with Gasteiger partial charge in [-0.3, -0.25) is 4.79 Å². The average Bonchev–Trinajstić information content (AvgIpc) is 2.38. The lowest BCUT2D eigenvalue weighted by molar-refractivity contribution is -0.122. The predicted molar refractivity (Wildman–Crippen MR) is 69.3 cm³/mol. The minimum absolute atomic E-state index is 0.0338. The molecule has 19 heavy (non-hydrogen) atoms. The van der Waals surface area contributed by atoms with E-state index in [4.69, 9.17) is 9.84 Å². The van der Waals surface area contributed by atoms with Crippen LogP contribution in [0.4, 0.5) is 8.78 Å². The van der Waals surface area contributed by atoms with Crippen LogP contribution in [0.1, 0.15) is 6.42 Å². The average molecular weight is 338 g/mol. The predicted octanol–water partition coefficient (Wildman–Crippen LogP) is 1.96. The Morgan fingerprint density at radius 3 is 2.58 bits per heavy atom. The molecule has 0 aliphatic heterocycles. The Hall–Kier alpha value is -1.21. The maximum atomic E-state index is 12.0. The number of hydrogen-bond acceptors (Lipinski definition) is 3. The van der Waals surface area contributed by atoms with Gasteiger partial charge in [-0.2, -0.15) is 0 Å². The fourth-order valence-corrected chi connectivity index (χ4v) is 1.45. The highest BCUT2D eigenvalue weighted by Crippen LogP contribution is 2.16. The summed E-state index contributed by atoms with van der Waals surface area (Å²) >= 11 is 3.28. The van der Waals surface area contributed by atoms with Crippen LogP contribution >= 0.6 is 15.9 Å². The summed E-state index contributed by atoms with van der Waals surface area (Å²) in [5.41, 5.74) is 0. The van der Waals surface area contributed by atoms with Gasteiger partial charge in [-0.05, 0) is 24.3 Å². The first-order valence-corrected chi connectivity index (χ1v) is 6.39. The van der Waals surface area contributed by atoms with Gasteiger partial charge in [0.05, 0.1) is 13.0 Å². The summed E-state index contributed by atoms with van der Waals surface area (Å²) in [5.74, 6) is 0.167. The van der Waals surface area contributed by atoms with Gasteiger partial charge < -0.3 is 15.2 Å². The molecule has 0 fully saturated rings. The second-order valence-electron chi connectivity index (χ2n) is 3.76. The molecule has 1 atom stereocenters. The molecule has 0 aliphatic rings. The topological polar surface area (TPSA) is 58.6 Å². The number of aliphatic hydroxyl groups excluding tert-OH is 1. The van der Waals surface area contributed by atoms with Crippen molar-refractivity contribution < 1.29 is 23.4 Å². The molecule has 1 rings (SSSR count). The summed E-state index contributed by atoms with van der Waals surface area (Å²) in [5, 5.41) is 11.0. The van der Waals surface area contributed by atoms with Crippen molar-refractivity contribution in [2.24, 2.45) is 0 Å². The molecular formula is C12H14BrF2NO3. The molecule has 0 aromatic heterocycles. The van der Waals surface area contributed by atoms with Gasteiger partial charge in [-0.15, -0.1) is 0 Å². The molecule has 0 saturated heterocycles. The molecule has 1 unspecified atom stereocenters. The van der Waals surface area contributed by atoms with E-state index in [0.717, 1.165) is 4.47 Å². The molecule has 106 valence electrons. The lowest BCUT2D eigenvalue weighted by Gasteiger charge is -2.11. The highest BCUT2D eigenvalue weighted by atomic mass is 79.9. The van der Waals surface area contributed by atoms with Crippen molar-refractivity contribution in [3.8, 4) is 5.75 Å². The monoisotopic (exact) mass is 337 g/mol. The van der Waals surface area contributed by atoms with Crippen LogP contribution in [0.15, 0.2) is 28.7 Å². The third-order valence-corrected chi connectivity index (χ3v) is 2.74. The largest absolute Gasteiger partial charge is 0.493 e. The summed E-state index contributed by atoms with van der Waals surface area (Å²) in [6.45, 7) is -0.326. The van der Waals surface area contributed by atoms with Crippen molar-refractivity contribution in [1.29, 1.82) is 0 Å². The normalized spacial score (nSPS) is 12.3. The number of ether oxygens (including phenoxy) is 1. The summed E-state index contributed by atoms with van der Waals surface area (Å²) in [6.07, 6.45) is -4.66. The lowest BCUT2D eigenvalue weighted by Crippen LogP contribution is -2.36. The van der Waals surface area contributed by atoms with E-state index in [2.05, 4.69) is 21.2 Å². The zero-order chi connectivity index (χ0) is 14.3. The fraction of sp³-hybridized carbons (Fsp3) is 0.417. The molecular weight excluding hydrogens is 324 g/mol. The number of aliphatic hydroxyl groups is 1. The molecule has 4 nitrogen and oxygen atoms in total. The van der Waals surface area contributed by atoms with Gasteiger partial charge >= 0.3 is 0 Å². The van der Waals surface area contributed by atoms with Crippen molar-refractivity contribution in [1.82, 2.24) is 5.32 Å². The second-order valence-corrected chi connectivity index (χ2v) is 4.67. The van der Waals surface area contributed by atoms with E-state index in [9.17, 15) is 13.6 Å². The Bertz CT molecular complexity index is 400. The van der Waals surface area contributed by atoms with Crippen molar-refractivity contribution >= 4 is 21.8 Å². The van der Waals surface area contributed by atoms with E-state index in [0.29, 0.717) is 5.75 Å². The Morgan fingerprint density at radius 2 is 2.00 bits per heavy atom. The molecule has 0 saturated carbocycles. The molecule has 2 N–H and O–H groups in total. The van der Waals surface area contributed by atoms with Gasteiger partial charge in [0.25, 0.3) is 6.43 Å². The zero-order valence-corrected chi connectivity index (χ0v) is 11.6. The number of alkyl halides is 2. The number of benzene rings is 1. The van der Waals surface area contributed by atoms with Crippen LogP contribution in [-0.4, -0.2) is 36.7 Å². The second kappa shape index (κ2) is 8.06. The maximum Gasteiger partial charge on any atom is 0.265 e. The summed E-state index contributed by atoms with van der Waals surface area (Å²) in [7, 11) is 0. The molecule has 1 amide bonds. The first-order valence-electron chi connectivity index (χ1n) is 5.60. The Morgan fingerprint density at radius 1 is 1.37 bits per heavy atom.